The number of aliphatic carboxylic acids is 1. The van der Waals surface area contributed by atoms with Crippen molar-refractivity contribution >= 4 is 17.8 Å². The van der Waals surface area contributed by atoms with Crippen molar-refractivity contribution in [1.82, 2.24) is 5.32 Å². The minimum absolute atomic E-state index is 0.0308. The number of amides is 2. The van der Waals surface area contributed by atoms with Gasteiger partial charge in [-0.05, 0) is 12.8 Å². The van der Waals surface area contributed by atoms with Gasteiger partial charge in [0.25, 0.3) is 0 Å². The number of carbonyl (C=O) groups excluding carboxylic acids is 2. The Labute approximate surface area is 106 Å². The van der Waals surface area contributed by atoms with E-state index in [9.17, 15) is 14.4 Å². The molecule has 2 amide bonds. The van der Waals surface area contributed by atoms with Crippen LogP contribution in [0.25, 0.3) is 0 Å². The van der Waals surface area contributed by atoms with Crippen LogP contribution in [0.5, 0.6) is 0 Å². The predicted octanol–water partition coefficient (Wildman–Crippen LogP) is -0.661. The Morgan fingerprint density at radius 1 is 1.28 bits per heavy atom. The van der Waals surface area contributed by atoms with Gasteiger partial charge in [-0.25, -0.2) is 4.79 Å². The van der Waals surface area contributed by atoms with Crippen molar-refractivity contribution in [2.45, 2.75) is 51.1 Å². The molecule has 0 bridgehead atoms. The summed E-state index contributed by atoms with van der Waals surface area (Å²) in [5.74, 6) is -2.32. The Balaban J connectivity index is 4.26. The lowest BCUT2D eigenvalue weighted by atomic mass is 10.1. The highest BCUT2D eigenvalue weighted by molar-refractivity contribution is 5.87. The van der Waals surface area contributed by atoms with E-state index in [1.807, 2.05) is 6.92 Å². The molecule has 0 fully saturated rings. The lowest BCUT2D eigenvalue weighted by Crippen LogP contribution is -2.48. The van der Waals surface area contributed by atoms with E-state index >= 15 is 0 Å². The third-order valence-electron chi connectivity index (χ3n) is 2.50. The van der Waals surface area contributed by atoms with Crippen LogP contribution >= 0.6 is 0 Å². The van der Waals surface area contributed by atoms with Crippen molar-refractivity contribution in [3.63, 3.8) is 0 Å². The van der Waals surface area contributed by atoms with Gasteiger partial charge < -0.3 is 21.9 Å². The molecule has 2 unspecified atom stereocenters. The van der Waals surface area contributed by atoms with Gasteiger partial charge in [0.05, 0.1) is 6.04 Å². The van der Waals surface area contributed by atoms with Gasteiger partial charge in [-0.3, -0.25) is 9.59 Å². The molecule has 0 aliphatic rings. The summed E-state index contributed by atoms with van der Waals surface area (Å²) >= 11 is 0. The number of carboxylic acids is 1. The minimum atomic E-state index is -1.20. The molecule has 6 N–H and O–H groups in total. The molecule has 0 aliphatic heterocycles. The van der Waals surface area contributed by atoms with Crippen molar-refractivity contribution in [3.8, 4) is 0 Å². The maximum absolute atomic E-state index is 11.6. The third kappa shape index (κ3) is 6.85. The second kappa shape index (κ2) is 8.46. The highest BCUT2D eigenvalue weighted by Gasteiger charge is 2.23. The third-order valence-corrected chi connectivity index (χ3v) is 2.50. The predicted molar refractivity (Wildman–Crippen MR) is 65.5 cm³/mol. The standard InChI is InChI=1S/C11H21N3O4/c1-2-3-4-7(12)10(16)14-8(11(17)18)5-6-9(13)15/h7-8H,2-6,12H2,1H3,(H2,13,15)(H,14,16)(H,17,18). The smallest absolute Gasteiger partial charge is 0.326 e. The molecule has 104 valence electrons. The van der Waals surface area contributed by atoms with E-state index in [2.05, 4.69) is 5.32 Å². The van der Waals surface area contributed by atoms with E-state index in [1.54, 1.807) is 0 Å². The number of hydrogen-bond acceptors (Lipinski definition) is 4. The first kappa shape index (κ1) is 16.4. The van der Waals surface area contributed by atoms with Crippen molar-refractivity contribution in [3.05, 3.63) is 0 Å². The van der Waals surface area contributed by atoms with Gasteiger partial charge in [0.1, 0.15) is 6.04 Å². The van der Waals surface area contributed by atoms with Gasteiger partial charge >= 0.3 is 5.97 Å². The molecular formula is C11H21N3O4. The summed E-state index contributed by atoms with van der Waals surface area (Å²) < 4.78 is 0. The van der Waals surface area contributed by atoms with Crippen LogP contribution in [0, 0.1) is 0 Å². The van der Waals surface area contributed by atoms with Crippen LogP contribution in [-0.4, -0.2) is 35.0 Å². The van der Waals surface area contributed by atoms with Crippen molar-refractivity contribution in [2.75, 3.05) is 0 Å². The van der Waals surface area contributed by atoms with Crippen molar-refractivity contribution < 1.29 is 19.5 Å². The summed E-state index contributed by atoms with van der Waals surface area (Å²) in [6.07, 6.45) is 2.08. The Kier molecular flexibility index (Phi) is 7.69. The first-order chi connectivity index (χ1) is 8.38. The average molecular weight is 259 g/mol. The normalized spacial score (nSPS) is 13.7. The van der Waals surface area contributed by atoms with Gasteiger partial charge in [0.15, 0.2) is 0 Å². The lowest BCUT2D eigenvalue weighted by molar-refractivity contribution is -0.142. The van der Waals surface area contributed by atoms with Crippen LogP contribution in [0.15, 0.2) is 0 Å². The van der Waals surface area contributed by atoms with Crippen molar-refractivity contribution in [1.29, 1.82) is 0 Å². The highest BCUT2D eigenvalue weighted by Crippen LogP contribution is 2.01. The molecule has 0 saturated carbocycles. The lowest BCUT2D eigenvalue weighted by Gasteiger charge is -2.17. The fraction of sp³-hybridized carbons (Fsp3) is 0.727. The Morgan fingerprint density at radius 2 is 1.89 bits per heavy atom. The number of rotatable bonds is 9. The van der Waals surface area contributed by atoms with Gasteiger partial charge in [-0.15, -0.1) is 0 Å². The SMILES string of the molecule is CCCCC(N)C(=O)NC(CCC(N)=O)C(=O)O. The van der Waals surface area contributed by atoms with Crippen molar-refractivity contribution in [2.24, 2.45) is 11.5 Å². The quantitative estimate of drug-likeness (QED) is 0.436. The van der Waals surface area contributed by atoms with Crippen LogP contribution in [0.4, 0.5) is 0 Å². The second-order valence-electron chi connectivity index (χ2n) is 4.15. The Morgan fingerprint density at radius 3 is 2.33 bits per heavy atom. The van der Waals surface area contributed by atoms with E-state index in [-0.39, 0.29) is 12.8 Å². The van der Waals surface area contributed by atoms with Crippen LogP contribution in [0.2, 0.25) is 0 Å². The van der Waals surface area contributed by atoms with Crippen LogP contribution in [0.3, 0.4) is 0 Å². The van der Waals surface area contributed by atoms with Crippen LogP contribution < -0.4 is 16.8 Å². The second-order valence-corrected chi connectivity index (χ2v) is 4.15. The molecule has 0 radical (unpaired) electrons. The largest absolute Gasteiger partial charge is 0.480 e. The zero-order chi connectivity index (χ0) is 14.1. The molecular weight excluding hydrogens is 238 g/mol. The van der Waals surface area contributed by atoms with E-state index in [0.29, 0.717) is 6.42 Å². The summed E-state index contributed by atoms with van der Waals surface area (Å²) in [6.45, 7) is 1.97. The molecule has 0 aromatic rings. The van der Waals surface area contributed by atoms with Gasteiger partial charge in [-0.1, -0.05) is 19.8 Å². The fourth-order valence-electron chi connectivity index (χ4n) is 1.38. The van der Waals surface area contributed by atoms with Gasteiger partial charge in [-0.2, -0.15) is 0 Å². The Bertz CT molecular complexity index is 307. The molecule has 0 rings (SSSR count). The molecule has 0 aliphatic carbocycles. The number of hydrogen-bond donors (Lipinski definition) is 4. The maximum atomic E-state index is 11.6. The average Bonchev–Trinajstić information content (AvgIpc) is 2.30. The number of carbonyl (C=O) groups is 3. The summed E-state index contributed by atoms with van der Waals surface area (Å²) in [4.78, 5) is 33.0. The number of carboxylic acid groups (broad SMARTS) is 1. The molecule has 7 heteroatoms. The Hall–Kier alpha value is -1.63. The number of nitrogens with one attached hydrogen (secondary N) is 1. The summed E-state index contributed by atoms with van der Waals surface area (Å²) in [5.41, 5.74) is 10.5. The van der Waals surface area contributed by atoms with E-state index in [4.69, 9.17) is 16.6 Å². The molecule has 2 atom stereocenters. The zero-order valence-electron chi connectivity index (χ0n) is 10.5. The zero-order valence-corrected chi connectivity index (χ0v) is 10.5. The maximum Gasteiger partial charge on any atom is 0.326 e. The molecule has 0 spiro atoms. The molecule has 7 nitrogen and oxygen atoms in total. The van der Waals surface area contributed by atoms with Crippen LogP contribution in [-0.2, 0) is 14.4 Å². The monoisotopic (exact) mass is 259 g/mol. The summed E-state index contributed by atoms with van der Waals surface area (Å²) in [6, 6.07) is -1.85. The summed E-state index contributed by atoms with van der Waals surface area (Å²) in [7, 11) is 0. The van der Waals surface area contributed by atoms with E-state index in [0.717, 1.165) is 12.8 Å². The number of unbranched alkanes of at least 4 members (excludes halogenated alkanes) is 1. The molecule has 0 aromatic heterocycles. The highest BCUT2D eigenvalue weighted by atomic mass is 16.4. The molecule has 0 aromatic carbocycles. The summed E-state index contributed by atoms with van der Waals surface area (Å²) in [5, 5.41) is 11.2. The van der Waals surface area contributed by atoms with Crippen LogP contribution in [0.1, 0.15) is 39.0 Å². The first-order valence-electron chi connectivity index (χ1n) is 5.95. The number of nitrogens with two attached hydrogens (primary N) is 2. The minimum Gasteiger partial charge on any atom is -0.480 e. The molecule has 0 heterocycles. The molecule has 18 heavy (non-hydrogen) atoms. The fourth-order valence-corrected chi connectivity index (χ4v) is 1.38. The first-order valence-corrected chi connectivity index (χ1v) is 5.95. The molecule has 0 saturated heterocycles. The van der Waals surface area contributed by atoms with E-state index in [1.165, 1.54) is 0 Å². The van der Waals surface area contributed by atoms with Gasteiger partial charge in [0, 0.05) is 6.42 Å². The van der Waals surface area contributed by atoms with Gasteiger partial charge in [0.2, 0.25) is 11.8 Å². The topological polar surface area (TPSA) is 136 Å². The van der Waals surface area contributed by atoms with E-state index < -0.39 is 29.9 Å². The number of primary amides is 1.